The van der Waals surface area contributed by atoms with Gasteiger partial charge in [0.2, 0.25) is 11.8 Å². The van der Waals surface area contributed by atoms with E-state index < -0.39 is 29.5 Å². The molecule has 3 N–H and O–H groups in total. The molecule has 2 amide bonds. The number of nitrogens with two attached hydrogens (primary N) is 1. The SMILES string of the molecule is Cc1ccccc1C[C@@H](NC(=O)Cc1ccc(F)cc1F)C(N)=O. The van der Waals surface area contributed by atoms with Gasteiger partial charge in [0, 0.05) is 12.5 Å². The van der Waals surface area contributed by atoms with Crippen molar-refractivity contribution in [2.45, 2.75) is 25.8 Å². The zero-order valence-electron chi connectivity index (χ0n) is 13.2. The fourth-order valence-corrected chi connectivity index (χ4v) is 2.37. The summed E-state index contributed by atoms with van der Waals surface area (Å²) in [5.74, 6) is -2.75. The highest BCUT2D eigenvalue weighted by atomic mass is 19.1. The van der Waals surface area contributed by atoms with Gasteiger partial charge in [0.25, 0.3) is 0 Å². The quantitative estimate of drug-likeness (QED) is 0.849. The minimum absolute atomic E-state index is 0.0491. The molecule has 4 nitrogen and oxygen atoms in total. The van der Waals surface area contributed by atoms with Crippen LogP contribution in [0, 0.1) is 18.6 Å². The molecule has 0 aromatic heterocycles. The summed E-state index contributed by atoms with van der Waals surface area (Å²) in [6.45, 7) is 1.89. The summed E-state index contributed by atoms with van der Waals surface area (Å²) >= 11 is 0. The molecule has 0 saturated heterocycles. The van der Waals surface area contributed by atoms with Gasteiger partial charge in [-0.05, 0) is 29.7 Å². The van der Waals surface area contributed by atoms with Crippen molar-refractivity contribution in [3.8, 4) is 0 Å². The second-order valence-electron chi connectivity index (χ2n) is 5.57. The summed E-state index contributed by atoms with van der Waals surface area (Å²) in [6, 6.07) is 9.52. The fraction of sp³-hybridized carbons (Fsp3) is 0.222. The molecule has 0 aliphatic heterocycles. The van der Waals surface area contributed by atoms with Crippen LogP contribution in [0.15, 0.2) is 42.5 Å². The molecule has 0 saturated carbocycles. The average molecular weight is 332 g/mol. The fourth-order valence-electron chi connectivity index (χ4n) is 2.37. The van der Waals surface area contributed by atoms with Crippen molar-refractivity contribution in [1.82, 2.24) is 5.32 Å². The minimum atomic E-state index is -0.901. The van der Waals surface area contributed by atoms with Crippen molar-refractivity contribution in [2.75, 3.05) is 0 Å². The molecule has 2 rings (SSSR count). The largest absolute Gasteiger partial charge is 0.368 e. The van der Waals surface area contributed by atoms with Crippen molar-refractivity contribution < 1.29 is 18.4 Å². The van der Waals surface area contributed by atoms with Gasteiger partial charge in [0.05, 0.1) is 6.42 Å². The van der Waals surface area contributed by atoms with Gasteiger partial charge in [-0.15, -0.1) is 0 Å². The zero-order chi connectivity index (χ0) is 17.7. The molecule has 0 radical (unpaired) electrons. The number of nitrogens with one attached hydrogen (secondary N) is 1. The molecule has 0 aliphatic carbocycles. The average Bonchev–Trinajstić information content (AvgIpc) is 2.51. The van der Waals surface area contributed by atoms with Gasteiger partial charge < -0.3 is 11.1 Å². The van der Waals surface area contributed by atoms with Crippen molar-refractivity contribution in [2.24, 2.45) is 5.73 Å². The molecule has 0 unspecified atom stereocenters. The molecule has 2 aromatic carbocycles. The topological polar surface area (TPSA) is 72.2 Å². The normalized spacial score (nSPS) is 11.8. The van der Waals surface area contributed by atoms with Crippen LogP contribution in [0.5, 0.6) is 0 Å². The van der Waals surface area contributed by atoms with Gasteiger partial charge in [-0.2, -0.15) is 0 Å². The Kier molecular flexibility index (Phi) is 5.63. The van der Waals surface area contributed by atoms with Crippen LogP contribution in [0.25, 0.3) is 0 Å². The first-order valence-electron chi connectivity index (χ1n) is 7.44. The smallest absolute Gasteiger partial charge is 0.240 e. The number of hydrogen-bond acceptors (Lipinski definition) is 2. The van der Waals surface area contributed by atoms with E-state index in [1.807, 2.05) is 31.2 Å². The van der Waals surface area contributed by atoms with E-state index in [-0.39, 0.29) is 18.4 Å². The van der Waals surface area contributed by atoms with Gasteiger partial charge in [0.15, 0.2) is 0 Å². The van der Waals surface area contributed by atoms with E-state index in [0.29, 0.717) is 6.07 Å². The van der Waals surface area contributed by atoms with Crippen molar-refractivity contribution in [3.63, 3.8) is 0 Å². The Morgan fingerprint density at radius 2 is 1.83 bits per heavy atom. The molecule has 1 atom stereocenters. The van der Waals surface area contributed by atoms with Gasteiger partial charge in [-0.3, -0.25) is 9.59 Å². The Balaban J connectivity index is 2.06. The molecule has 0 spiro atoms. The third kappa shape index (κ3) is 4.62. The number of benzene rings is 2. The van der Waals surface area contributed by atoms with E-state index in [2.05, 4.69) is 5.32 Å². The molecule has 0 bridgehead atoms. The summed E-state index contributed by atoms with van der Waals surface area (Å²) < 4.78 is 26.5. The second-order valence-corrected chi connectivity index (χ2v) is 5.57. The monoisotopic (exact) mass is 332 g/mol. The lowest BCUT2D eigenvalue weighted by Crippen LogP contribution is -2.46. The predicted molar refractivity (Wildman–Crippen MR) is 86.1 cm³/mol. The Labute approximate surface area is 138 Å². The number of carbonyl (C=O) groups excluding carboxylic acids is 2. The second kappa shape index (κ2) is 7.68. The molecule has 0 heterocycles. The lowest BCUT2D eigenvalue weighted by Gasteiger charge is -2.17. The van der Waals surface area contributed by atoms with E-state index >= 15 is 0 Å². The number of hydrogen-bond donors (Lipinski definition) is 2. The van der Waals surface area contributed by atoms with E-state index in [1.54, 1.807) is 0 Å². The highest BCUT2D eigenvalue weighted by Crippen LogP contribution is 2.12. The van der Waals surface area contributed by atoms with Crippen LogP contribution in [0.1, 0.15) is 16.7 Å². The molecule has 24 heavy (non-hydrogen) atoms. The van der Waals surface area contributed by atoms with Crippen LogP contribution in [0.3, 0.4) is 0 Å². The van der Waals surface area contributed by atoms with Crippen molar-refractivity contribution in [1.29, 1.82) is 0 Å². The number of primary amides is 1. The van der Waals surface area contributed by atoms with E-state index in [0.717, 1.165) is 17.2 Å². The lowest BCUT2D eigenvalue weighted by atomic mass is 10.0. The van der Waals surface area contributed by atoms with E-state index in [1.165, 1.54) is 6.07 Å². The maximum Gasteiger partial charge on any atom is 0.240 e. The summed E-state index contributed by atoms with van der Waals surface area (Å²) in [7, 11) is 0. The zero-order valence-corrected chi connectivity index (χ0v) is 13.2. The van der Waals surface area contributed by atoms with Gasteiger partial charge in [-0.1, -0.05) is 30.3 Å². The molecule has 126 valence electrons. The highest BCUT2D eigenvalue weighted by molar-refractivity contribution is 5.87. The Morgan fingerprint density at radius 3 is 2.46 bits per heavy atom. The number of halogens is 2. The lowest BCUT2D eigenvalue weighted by molar-refractivity contribution is -0.127. The van der Waals surface area contributed by atoms with Crippen molar-refractivity contribution >= 4 is 11.8 Å². The van der Waals surface area contributed by atoms with Crippen molar-refractivity contribution in [3.05, 3.63) is 70.8 Å². The first kappa shape index (κ1) is 17.6. The van der Waals surface area contributed by atoms with Gasteiger partial charge >= 0.3 is 0 Å². The van der Waals surface area contributed by atoms with Crippen LogP contribution in [0.2, 0.25) is 0 Å². The van der Waals surface area contributed by atoms with Crippen LogP contribution in [0.4, 0.5) is 8.78 Å². The van der Waals surface area contributed by atoms with Crippen LogP contribution >= 0.6 is 0 Å². The maximum atomic E-state index is 13.6. The summed E-state index contributed by atoms with van der Waals surface area (Å²) in [5.41, 5.74) is 7.26. The first-order chi connectivity index (χ1) is 11.4. The highest BCUT2D eigenvalue weighted by Gasteiger charge is 2.20. The number of rotatable bonds is 6. The molecule has 6 heteroatoms. The van der Waals surface area contributed by atoms with Crippen LogP contribution < -0.4 is 11.1 Å². The Hall–Kier alpha value is -2.76. The van der Waals surface area contributed by atoms with Crippen LogP contribution in [-0.4, -0.2) is 17.9 Å². The van der Waals surface area contributed by atoms with Crippen LogP contribution in [-0.2, 0) is 22.4 Å². The molecular formula is C18H18F2N2O2. The summed E-state index contributed by atoms with van der Waals surface area (Å²) in [4.78, 5) is 23.7. The third-order valence-electron chi connectivity index (χ3n) is 3.73. The molecular weight excluding hydrogens is 314 g/mol. The maximum absolute atomic E-state index is 13.6. The van der Waals surface area contributed by atoms with Gasteiger partial charge in [0.1, 0.15) is 17.7 Å². The van der Waals surface area contributed by atoms with E-state index in [9.17, 15) is 18.4 Å². The predicted octanol–water partition coefficient (Wildman–Crippen LogP) is 2.03. The first-order valence-corrected chi connectivity index (χ1v) is 7.44. The minimum Gasteiger partial charge on any atom is -0.368 e. The Bertz CT molecular complexity index is 762. The third-order valence-corrected chi connectivity index (χ3v) is 3.73. The number of amides is 2. The molecule has 0 fully saturated rings. The summed E-state index contributed by atoms with van der Waals surface area (Å²) in [5, 5.41) is 2.51. The van der Waals surface area contributed by atoms with Gasteiger partial charge in [-0.25, -0.2) is 8.78 Å². The number of carbonyl (C=O) groups is 2. The standard InChI is InChI=1S/C18H18F2N2O2/c1-11-4-2-3-5-12(11)8-16(18(21)24)22-17(23)9-13-6-7-14(19)10-15(13)20/h2-7,10,16H,8-9H2,1H3,(H2,21,24)(H,22,23)/t16-/m1/s1. The Morgan fingerprint density at radius 1 is 1.12 bits per heavy atom. The molecule has 2 aromatic rings. The number of aryl methyl sites for hydroxylation is 1. The molecule has 0 aliphatic rings. The van der Waals surface area contributed by atoms with E-state index in [4.69, 9.17) is 5.73 Å². The summed E-state index contributed by atoms with van der Waals surface area (Å²) in [6.07, 6.45) is -0.0523.